The summed E-state index contributed by atoms with van der Waals surface area (Å²) in [4.78, 5) is 12.5. The Morgan fingerprint density at radius 3 is 2.70 bits per heavy atom. The molecule has 1 aliphatic heterocycles. The van der Waals surface area contributed by atoms with Crippen LogP contribution in [0.15, 0.2) is 70.4 Å². The summed E-state index contributed by atoms with van der Waals surface area (Å²) in [6.07, 6.45) is 2.43. The van der Waals surface area contributed by atoms with Crippen molar-refractivity contribution in [3.05, 3.63) is 77.0 Å². The van der Waals surface area contributed by atoms with Gasteiger partial charge in [0.2, 0.25) is 0 Å². The Bertz CT molecular complexity index is 969. The Morgan fingerprint density at radius 2 is 1.96 bits per heavy atom. The van der Waals surface area contributed by atoms with Crippen molar-refractivity contribution in [1.82, 2.24) is 0 Å². The predicted molar refractivity (Wildman–Crippen MR) is 90.9 cm³/mol. The summed E-state index contributed by atoms with van der Waals surface area (Å²) in [6.45, 7) is 5.82. The van der Waals surface area contributed by atoms with Gasteiger partial charge < -0.3 is 9.15 Å². The van der Waals surface area contributed by atoms with Crippen molar-refractivity contribution < 1.29 is 9.15 Å². The predicted octanol–water partition coefficient (Wildman–Crippen LogP) is 4.34. The normalized spacial score (nSPS) is 19.3. The van der Waals surface area contributed by atoms with Gasteiger partial charge in [-0.05, 0) is 25.1 Å². The number of rotatable bonds is 2. The lowest BCUT2D eigenvalue weighted by atomic mass is 9.98. The van der Waals surface area contributed by atoms with Gasteiger partial charge in [-0.25, -0.2) is 0 Å². The Labute approximate surface area is 133 Å². The van der Waals surface area contributed by atoms with Crippen LogP contribution in [0.2, 0.25) is 0 Å². The second kappa shape index (κ2) is 4.85. The van der Waals surface area contributed by atoms with Gasteiger partial charge in [-0.2, -0.15) is 0 Å². The van der Waals surface area contributed by atoms with Crippen LogP contribution >= 0.6 is 0 Å². The molecule has 0 fully saturated rings. The molecule has 3 nitrogen and oxygen atoms in total. The Morgan fingerprint density at radius 1 is 1.17 bits per heavy atom. The highest BCUT2D eigenvalue weighted by molar-refractivity contribution is 5.84. The van der Waals surface area contributed by atoms with Crippen LogP contribution in [0.1, 0.15) is 12.5 Å². The zero-order valence-corrected chi connectivity index (χ0v) is 12.8. The van der Waals surface area contributed by atoms with Crippen LogP contribution in [0.25, 0.3) is 22.3 Å². The maximum atomic E-state index is 12.5. The van der Waals surface area contributed by atoms with Crippen LogP contribution in [0.4, 0.5) is 0 Å². The molecule has 3 aromatic rings. The third-order valence-corrected chi connectivity index (χ3v) is 4.32. The second-order valence-corrected chi connectivity index (χ2v) is 6.06. The first-order valence-corrected chi connectivity index (χ1v) is 7.57. The molecule has 0 spiro atoms. The molecular weight excluding hydrogens is 288 g/mol. The molecule has 0 saturated carbocycles. The monoisotopic (exact) mass is 304 g/mol. The summed E-state index contributed by atoms with van der Waals surface area (Å²) >= 11 is 0. The summed E-state index contributed by atoms with van der Waals surface area (Å²) < 4.78 is 12.1. The largest absolute Gasteiger partial charge is 0.483 e. The van der Waals surface area contributed by atoms with E-state index in [1.165, 1.54) is 0 Å². The van der Waals surface area contributed by atoms with Crippen molar-refractivity contribution in [2.75, 3.05) is 0 Å². The van der Waals surface area contributed by atoms with E-state index in [1.807, 2.05) is 43.3 Å². The van der Waals surface area contributed by atoms with E-state index in [4.69, 9.17) is 9.15 Å². The average molecular weight is 304 g/mol. The molecule has 0 aliphatic carbocycles. The molecule has 114 valence electrons. The van der Waals surface area contributed by atoms with Crippen LogP contribution in [0, 0.1) is 0 Å². The topological polar surface area (TPSA) is 39.4 Å². The summed E-state index contributed by atoms with van der Waals surface area (Å²) in [6, 6.07) is 14.8. The summed E-state index contributed by atoms with van der Waals surface area (Å²) in [5, 5.41) is 0.584. The first kappa shape index (κ1) is 13.8. The van der Waals surface area contributed by atoms with E-state index in [1.54, 1.807) is 18.2 Å². The Kier molecular flexibility index (Phi) is 2.91. The van der Waals surface area contributed by atoms with Crippen LogP contribution < -0.4 is 10.2 Å². The average Bonchev–Trinajstić information content (AvgIpc) is 2.93. The zero-order valence-electron chi connectivity index (χ0n) is 12.8. The molecule has 0 N–H and O–H groups in total. The lowest BCUT2D eigenvalue weighted by molar-refractivity contribution is 0.171. The third-order valence-electron chi connectivity index (χ3n) is 4.32. The number of hydrogen-bond donors (Lipinski definition) is 0. The Balaban J connectivity index is 1.98. The maximum absolute atomic E-state index is 12.5. The summed E-state index contributed by atoms with van der Waals surface area (Å²) in [7, 11) is 0. The molecule has 1 atom stereocenters. The highest BCUT2D eigenvalue weighted by Crippen LogP contribution is 2.40. The molecule has 1 aliphatic rings. The van der Waals surface area contributed by atoms with Gasteiger partial charge in [0, 0.05) is 23.6 Å². The zero-order chi connectivity index (χ0) is 16.0. The Hall–Kier alpha value is -2.81. The van der Waals surface area contributed by atoms with Crippen molar-refractivity contribution in [3.8, 4) is 17.1 Å². The van der Waals surface area contributed by atoms with Gasteiger partial charge in [-0.1, -0.05) is 36.9 Å². The standard InChI is InChI=1S/C20H16O3/c1-3-20(2)12-15-17(23-20)10-9-14-16(21)11-18(22-19(14)15)13-7-5-4-6-8-13/h3-11H,1,12H2,2H3/t20-/m0/s1. The van der Waals surface area contributed by atoms with Crippen LogP contribution in [-0.2, 0) is 6.42 Å². The fraction of sp³-hybridized carbons (Fsp3) is 0.150. The van der Waals surface area contributed by atoms with Crippen molar-refractivity contribution in [2.24, 2.45) is 0 Å². The van der Waals surface area contributed by atoms with Crippen LogP contribution in [0.5, 0.6) is 5.75 Å². The number of hydrogen-bond acceptors (Lipinski definition) is 3. The highest BCUT2D eigenvalue weighted by atomic mass is 16.5. The highest BCUT2D eigenvalue weighted by Gasteiger charge is 2.34. The first-order chi connectivity index (χ1) is 11.1. The minimum absolute atomic E-state index is 0.0416. The number of benzene rings is 2. The molecule has 2 aromatic carbocycles. The number of fused-ring (bicyclic) bond motifs is 3. The number of ether oxygens (including phenoxy) is 1. The van der Waals surface area contributed by atoms with Gasteiger partial charge in [-0.15, -0.1) is 0 Å². The lowest BCUT2D eigenvalue weighted by Crippen LogP contribution is -2.26. The molecule has 0 amide bonds. The molecule has 2 heterocycles. The second-order valence-electron chi connectivity index (χ2n) is 6.06. The van der Waals surface area contributed by atoms with Gasteiger partial charge in [0.1, 0.15) is 22.7 Å². The van der Waals surface area contributed by atoms with E-state index in [2.05, 4.69) is 6.58 Å². The molecule has 0 saturated heterocycles. The molecule has 1 aromatic heterocycles. The molecule has 4 rings (SSSR count). The van der Waals surface area contributed by atoms with E-state index in [-0.39, 0.29) is 5.43 Å². The van der Waals surface area contributed by atoms with Gasteiger partial charge in [0.15, 0.2) is 5.43 Å². The van der Waals surface area contributed by atoms with Crippen molar-refractivity contribution in [3.63, 3.8) is 0 Å². The van der Waals surface area contributed by atoms with Gasteiger partial charge in [0.05, 0.1) is 5.39 Å². The molecular formula is C20H16O3. The molecule has 3 heteroatoms. The van der Waals surface area contributed by atoms with E-state index in [0.717, 1.165) is 16.9 Å². The summed E-state index contributed by atoms with van der Waals surface area (Å²) in [5.74, 6) is 1.33. The lowest BCUT2D eigenvalue weighted by Gasteiger charge is -2.18. The minimum atomic E-state index is -0.460. The van der Waals surface area contributed by atoms with Crippen molar-refractivity contribution >= 4 is 11.0 Å². The first-order valence-electron chi connectivity index (χ1n) is 7.57. The fourth-order valence-electron chi connectivity index (χ4n) is 3.02. The van der Waals surface area contributed by atoms with Crippen molar-refractivity contribution in [1.29, 1.82) is 0 Å². The van der Waals surface area contributed by atoms with Gasteiger partial charge in [-0.3, -0.25) is 4.79 Å². The molecule has 0 bridgehead atoms. The van der Waals surface area contributed by atoms with E-state index >= 15 is 0 Å². The van der Waals surface area contributed by atoms with Crippen molar-refractivity contribution in [2.45, 2.75) is 18.9 Å². The van der Waals surface area contributed by atoms with E-state index in [0.29, 0.717) is 23.2 Å². The maximum Gasteiger partial charge on any atom is 0.193 e. The van der Waals surface area contributed by atoms with Gasteiger partial charge >= 0.3 is 0 Å². The van der Waals surface area contributed by atoms with Crippen LogP contribution in [-0.4, -0.2) is 5.60 Å². The SMILES string of the molecule is C=C[C@@]1(C)Cc2c(ccc3c(=O)cc(-c4ccccc4)oc23)O1. The quantitative estimate of drug-likeness (QED) is 0.661. The minimum Gasteiger partial charge on any atom is -0.483 e. The van der Waals surface area contributed by atoms with Gasteiger partial charge in [0.25, 0.3) is 0 Å². The molecule has 23 heavy (non-hydrogen) atoms. The smallest absolute Gasteiger partial charge is 0.193 e. The fourth-order valence-corrected chi connectivity index (χ4v) is 3.02. The van der Waals surface area contributed by atoms with E-state index < -0.39 is 5.60 Å². The van der Waals surface area contributed by atoms with E-state index in [9.17, 15) is 4.79 Å². The third kappa shape index (κ3) is 2.16. The summed E-state index contributed by atoms with van der Waals surface area (Å²) in [5.41, 5.74) is 1.92. The molecule has 0 unspecified atom stereocenters. The molecule has 0 radical (unpaired) electrons. The van der Waals surface area contributed by atoms with Crippen LogP contribution in [0.3, 0.4) is 0 Å².